The molecule has 72 valence electrons. The normalized spacial score (nSPS) is 9.77. The molecule has 3 nitrogen and oxygen atoms in total. The molecule has 0 aliphatic carbocycles. The molecule has 0 aromatic heterocycles. The van der Waals surface area contributed by atoms with Crippen LogP contribution < -0.4 is 10.1 Å². The Morgan fingerprint density at radius 1 is 1.46 bits per heavy atom. The highest BCUT2D eigenvalue weighted by molar-refractivity contribution is 5.57. The highest BCUT2D eigenvalue weighted by atomic mass is 16.5. The van der Waals surface area contributed by atoms with Gasteiger partial charge in [0.2, 0.25) is 0 Å². The van der Waals surface area contributed by atoms with Crippen LogP contribution in [0.2, 0.25) is 0 Å². The van der Waals surface area contributed by atoms with Gasteiger partial charge in [-0.1, -0.05) is 6.07 Å². The average Bonchev–Trinajstić information content (AvgIpc) is 2.18. The van der Waals surface area contributed by atoms with E-state index in [2.05, 4.69) is 5.32 Å². The summed E-state index contributed by atoms with van der Waals surface area (Å²) in [5, 5.41) is 11.8. The Kier molecular flexibility index (Phi) is 3.58. The molecule has 0 bridgehead atoms. The lowest BCUT2D eigenvalue weighted by Crippen LogP contribution is -1.96. The number of aliphatic hydroxyl groups excluding tert-OH is 1. The van der Waals surface area contributed by atoms with Crippen LogP contribution in [-0.2, 0) is 6.42 Å². The molecule has 0 amide bonds. The van der Waals surface area contributed by atoms with Crippen LogP contribution in [0.15, 0.2) is 18.2 Å². The quantitative estimate of drug-likeness (QED) is 0.735. The third kappa shape index (κ3) is 2.36. The molecule has 0 unspecified atom stereocenters. The van der Waals surface area contributed by atoms with Gasteiger partial charge in [-0.05, 0) is 24.1 Å². The lowest BCUT2D eigenvalue weighted by molar-refractivity contribution is 0.299. The van der Waals surface area contributed by atoms with E-state index in [1.165, 1.54) is 0 Å². The molecule has 0 aliphatic rings. The smallest absolute Gasteiger partial charge is 0.142 e. The van der Waals surface area contributed by atoms with Gasteiger partial charge in [0.15, 0.2) is 0 Å². The van der Waals surface area contributed by atoms with Gasteiger partial charge in [-0.15, -0.1) is 0 Å². The van der Waals surface area contributed by atoms with Crippen molar-refractivity contribution in [3.05, 3.63) is 23.8 Å². The van der Waals surface area contributed by atoms with Gasteiger partial charge >= 0.3 is 0 Å². The first-order valence-corrected chi connectivity index (χ1v) is 4.27. The highest BCUT2D eigenvalue weighted by Gasteiger charge is 2.01. The average molecular weight is 181 g/mol. The Balaban J connectivity index is 2.91. The predicted molar refractivity (Wildman–Crippen MR) is 53.3 cm³/mol. The molecule has 0 spiro atoms. The lowest BCUT2D eigenvalue weighted by Gasteiger charge is -2.09. The summed E-state index contributed by atoms with van der Waals surface area (Å²) in [6.45, 7) is 0.169. The van der Waals surface area contributed by atoms with Crippen molar-refractivity contribution >= 4 is 5.69 Å². The fraction of sp³-hybridized carbons (Fsp3) is 0.400. The van der Waals surface area contributed by atoms with Crippen molar-refractivity contribution in [2.24, 2.45) is 0 Å². The number of aliphatic hydroxyl groups is 1. The maximum absolute atomic E-state index is 8.75. The number of hydrogen-bond donors (Lipinski definition) is 2. The summed E-state index contributed by atoms with van der Waals surface area (Å²) in [6.07, 6.45) is 0.667. The first-order chi connectivity index (χ1) is 6.31. The van der Waals surface area contributed by atoms with Crippen molar-refractivity contribution in [2.75, 3.05) is 26.1 Å². The molecule has 0 saturated heterocycles. The third-order valence-electron chi connectivity index (χ3n) is 1.94. The van der Waals surface area contributed by atoms with Gasteiger partial charge in [0, 0.05) is 13.7 Å². The second kappa shape index (κ2) is 4.72. The Hall–Kier alpha value is -1.22. The van der Waals surface area contributed by atoms with Gasteiger partial charge in [0.05, 0.1) is 12.8 Å². The standard InChI is InChI=1S/C10H15NO2/c1-11-9-4-3-8(5-6-12)7-10(9)13-2/h3-4,7,11-12H,5-6H2,1-2H3. The Morgan fingerprint density at radius 3 is 2.77 bits per heavy atom. The summed E-state index contributed by atoms with van der Waals surface area (Å²) in [4.78, 5) is 0. The highest BCUT2D eigenvalue weighted by Crippen LogP contribution is 2.24. The first-order valence-electron chi connectivity index (χ1n) is 4.27. The zero-order valence-corrected chi connectivity index (χ0v) is 8.00. The van der Waals surface area contributed by atoms with Gasteiger partial charge in [-0.2, -0.15) is 0 Å². The summed E-state index contributed by atoms with van der Waals surface area (Å²) in [6, 6.07) is 5.86. The minimum atomic E-state index is 0.169. The molecule has 1 aromatic rings. The van der Waals surface area contributed by atoms with E-state index in [-0.39, 0.29) is 6.61 Å². The van der Waals surface area contributed by atoms with E-state index in [0.717, 1.165) is 17.0 Å². The molecule has 0 radical (unpaired) electrons. The SMILES string of the molecule is CNc1ccc(CCO)cc1OC. The second-order valence-corrected chi connectivity index (χ2v) is 2.76. The minimum Gasteiger partial charge on any atom is -0.495 e. The zero-order valence-electron chi connectivity index (χ0n) is 8.00. The van der Waals surface area contributed by atoms with Gasteiger partial charge in [0.1, 0.15) is 5.75 Å². The number of anilines is 1. The van der Waals surface area contributed by atoms with Crippen molar-refractivity contribution in [2.45, 2.75) is 6.42 Å². The van der Waals surface area contributed by atoms with Crippen LogP contribution in [0, 0.1) is 0 Å². The lowest BCUT2D eigenvalue weighted by atomic mass is 10.1. The topological polar surface area (TPSA) is 41.5 Å². The van der Waals surface area contributed by atoms with Crippen LogP contribution in [0.25, 0.3) is 0 Å². The van der Waals surface area contributed by atoms with Gasteiger partial charge in [-0.3, -0.25) is 0 Å². The van der Waals surface area contributed by atoms with Crippen molar-refractivity contribution in [1.29, 1.82) is 0 Å². The molecule has 3 heteroatoms. The third-order valence-corrected chi connectivity index (χ3v) is 1.94. The van der Waals surface area contributed by atoms with Crippen LogP contribution in [0.4, 0.5) is 5.69 Å². The number of ether oxygens (including phenoxy) is 1. The Morgan fingerprint density at radius 2 is 2.23 bits per heavy atom. The van der Waals surface area contributed by atoms with Crippen LogP contribution >= 0.6 is 0 Å². The first kappa shape index (κ1) is 9.86. The fourth-order valence-corrected chi connectivity index (χ4v) is 1.23. The number of hydrogen-bond acceptors (Lipinski definition) is 3. The molecule has 0 aliphatic heterocycles. The molecule has 13 heavy (non-hydrogen) atoms. The van der Waals surface area contributed by atoms with Crippen molar-refractivity contribution in [1.82, 2.24) is 0 Å². The molecule has 1 aromatic carbocycles. The number of methoxy groups -OCH3 is 1. The van der Waals surface area contributed by atoms with Crippen molar-refractivity contribution < 1.29 is 9.84 Å². The largest absolute Gasteiger partial charge is 0.495 e. The van der Waals surface area contributed by atoms with Gasteiger partial charge < -0.3 is 15.2 Å². The van der Waals surface area contributed by atoms with Crippen LogP contribution in [-0.4, -0.2) is 25.9 Å². The summed E-state index contributed by atoms with van der Waals surface area (Å²) < 4.78 is 5.18. The molecular formula is C10H15NO2. The van der Waals surface area contributed by atoms with E-state index in [1.54, 1.807) is 7.11 Å². The molecule has 0 saturated carbocycles. The Bertz CT molecular complexity index is 274. The van der Waals surface area contributed by atoms with E-state index in [9.17, 15) is 0 Å². The molecule has 1 rings (SSSR count). The predicted octanol–water partition coefficient (Wildman–Crippen LogP) is 1.27. The van der Waals surface area contributed by atoms with E-state index < -0.39 is 0 Å². The van der Waals surface area contributed by atoms with Crippen LogP contribution in [0.5, 0.6) is 5.75 Å². The van der Waals surface area contributed by atoms with Crippen LogP contribution in [0.3, 0.4) is 0 Å². The van der Waals surface area contributed by atoms with E-state index >= 15 is 0 Å². The zero-order chi connectivity index (χ0) is 9.68. The second-order valence-electron chi connectivity index (χ2n) is 2.76. The fourth-order valence-electron chi connectivity index (χ4n) is 1.23. The summed E-state index contributed by atoms with van der Waals surface area (Å²) in [5.74, 6) is 0.813. The molecule has 0 fully saturated rings. The molecule has 0 heterocycles. The number of rotatable bonds is 4. The molecule has 0 atom stereocenters. The van der Waals surface area contributed by atoms with E-state index in [0.29, 0.717) is 6.42 Å². The van der Waals surface area contributed by atoms with E-state index in [4.69, 9.17) is 9.84 Å². The summed E-state index contributed by atoms with van der Waals surface area (Å²) in [5.41, 5.74) is 2.04. The van der Waals surface area contributed by atoms with Gasteiger partial charge in [-0.25, -0.2) is 0 Å². The van der Waals surface area contributed by atoms with E-state index in [1.807, 2.05) is 25.2 Å². The van der Waals surface area contributed by atoms with Crippen molar-refractivity contribution in [3.63, 3.8) is 0 Å². The maximum atomic E-state index is 8.75. The summed E-state index contributed by atoms with van der Waals surface area (Å²) in [7, 11) is 3.49. The number of nitrogens with one attached hydrogen (secondary N) is 1. The van der Waals surface area contributed by atoms with Gasteiger partial charge in [0.25, 0.3) is 0 Å². The Labute approximate surface area is 78.3 Å². The molecular weight excluding hydrogens is 166 g/mol. The number of benzene rings is 1. The summed E-state index contributed by atoms with van der Waals surface area (Å²) >= 11 is 0. The monoisotopic (exact) mass is 181 g/mol. The minimum absolute atomic E-state index is 0.169. The van der Waals surface area contributed by atoms with Crippen molar-refractivity contribution in [3.8, 4) is 5.75 Å². The molecule has 2 N–H and O–H groups in total. The van der Waals surface area contributed by atoms with Crippen LogP contribution in [0.1, 0.15) is 5.56 Å². The maximum Gasteiger partial charge on any atom is 0.142 e.